The summed E-state index contributed by atoms with van der Waals surface area (Å²) in [7, 11) is 0. The molecule has 2 fully saturated rings. The first-order valence-corrected chi connectivity index (χ1v) is 10.5. The van der Waals surface area contributed by atoms with Gasteiger partial charge in [-0.25, -0.2) is 4.98 Å². The highest BCUT2D eigenvalue weighted by molar-refractivity contribution is 6.00. The highest BCUT2D eigenvalue weighted by Gasteiger charge is 2.34. The number of aromatic nitrogens is 1. The Morgan fingerprint density at radius 1 is 1.10 bits per heavy atom. The van der Waals surface area contributed by atoms with E-state index in [-0.39, 0.29) is 36.4 Å². The molecular weight excluding hydrogens is 380 g/mol. The monoisotopic (exact) mass is 408 g/mol. The molecule has 7 nitrogen and oxygen atoms in total. The van der Waals surface area contributed by atoms with Gasteiger partial charge in [-0.15, -0.1) is 0 Å². The van der Waals surface area contributed by atoms with E-state index >= 15 is 0 Å². The molecule has 0 radical (unpaired) electrons. The molecule has 2 aromatic rings. The molecule has 3 heterocycles. The third-order valence-corrected chi connectivity index (χ3v) is 5.58. The summed E-state index contributed by atoms with van der Waals surface area (Å²) in [6, 6.07) is 13.5. The average Bonchev–Trinajstić information content (AvgIpc) is 3.14. The lowest BCUT2D eigenvalue weighted by Gasteiger charge is -2.36. The number of ether oxygens (including phenoxy) is 1. The molecule has 3 atom stereocenters. The molecule has 158 valence electrons. The van der Waals surface area contributed by atoms with E-state index in [4.69, 9.17) is 4.74 Å². The van der Waals surface area contributed by atoms with Gasteiger partial charge in [0.1, 0.15) is 5.82 Å². The maximum absolute atomic E-state index is 12.6. The fourth-order valence-electron chi connectivity index (χ4n) is 4.15. The van der Waals surface area contributed by atoms with Gasteiger partial charge in [-0.2, -0.15) is 0 Å². The normalized spacial score (nSPS) is 24.2. The van der Waals surface area contributed by atoms with Gasteiger partial charge in [-0.3, -0.25) is 9.59 Å². The van der Waals surface area contributed by atoms with Crippen molar-refractivity contribution in [1.82, 2.24) is 10.3 Å². The first-order chi connectivity index (χ1) is 14.5. The fraction of sp³-hybridized carbons (Fsp3) is 0.435. The summed E-state index contributed by atoms with van der Waals surface area (Å²) in [6.45, 7) is 6.60. The van der Waals surface area contributed by atoms with Crippen molar-refractivity contribution in [1.29, 1.82) is 0 Å². The predicted octanol–water partition coefficient (Wildman–Crippen LogP) is 2.36. The van der Waals surface area contributed by atoms with E-state index in [2.05, 4.69) is 29.0 Å². The molecule has 3 unspecified atom stereocenters. The van der Waals surface area contributed by atoms with Crippen LogP contribution in [0.4, 0.5) is 11.5 Å². The van der Waals surface area contributed by atoms with Crippen LogP contribution in [0.3, 0.4) is 0 Å². The summed E-state index contributed by atoms with van der Waals surface area (Å²) in [6.07, 6.45) is 2.40. The second kappa shape index (κ2) is 8.83. The van der Waals surface area contributed by atoms with Crippen LogP contribution in [0.1, 0.15) is 25.8 Å². The van der Waals surface area contributed by atoms with Crippen LogP contribution in [0.5, 0.6) is 0 Å². The molecule has 4 rings (SSSR count). The number of anilines is 2. The van der Waals surface area contributed by atoms with Gasteiger partial charge in [-0.05, 0) is 37.6 Å². The van der Waals surface area contributed by atoms with E-state index in [1.165, 1.54) is 0 Å². The van der Waals surface area contributed by atoms with Crippen molar-refractivity contribution in [3.63, 3.8) is 0 Å². The van der Waals surface area contributed by atoms with Gasteiger partial charge in [0.2, 0.25) is 11.8 Å². The topological polar surface area (TPSA) is 74.8 Å². The summed E-state index contributed by atoms with van der Waals surface area (Å²) in [5.74, 6) is 0.483. The van der Waals surface area contributed by atoms with Crippen LogP contribution >= 0.6 is 0 Å². The van der Waals surface area contributed by atoms with E-state index in [9.17, 15) is 9.59 Å². The quantitative estimate of drug-likeness (QED) is 0.822. The largest absolute Gasteiger partial charge is 0.372 e. The molecule has 2 aliphatic rings. The van der Waals surface area contributed by atoms with Gasteiger partial charge in [0, 0.05) is 44.5 Å². The predicted molar refractivity (Wildman–Crippen MR) is 115 cm³/mol. The number of hydrogen-bond donors (Lipinski definition) is 1. The zero-order valence-electron chi connectivity index (χ0n) is 17.5. The van der Waals surface area contributed by atoms with Crippen molar-refractivity contribution in [3.05, 3.63) is 54.2 Å². The minimum absolute atomic E-state index is 0.0127. The van der Waals surface area contributed by atoms with Gasteiger partial charge in [-0.1, -0.05) is 24.3 Å². The van der Waals surface area contributed by atoms with Crippen LogP contribution in [0, 0.1) is 5.92 Å². The fourth-order valence-corrected chi connectivity index (χ4v) is 4.15. The number of para-hydroxylation sites is 1. The number of nitrogens with one attached hydrogen (secondary N) is 1. The van der Waals surface area contributed by atoms with Crippen molar-refractivity contribution in [3.8, 4) is 0 Å². The Morgan fingerprint density at radius 3 is 2.50 bits per heavy atom. The number of pyridine rings is 1. The summed E-state index contributed by atoms with van der Waals surface area (Å²) >= 11 is 0. The maximum Gasteiger partial charge on any atom is 0.227 e. The summed E-state index contributed by atoms with van der Waals surface area (Å²) in [4.78, 5) is 33.4. The van der Waals surface area contributed by atoms with Crippen molar-refractivity contribution in [2.75, 3.05) is 29.4 Å². The Morgan fingerprint density at radius 2 is 1.83 bits per heavy atom. The molecule has 1 aromatic heterocycles. The van der Waals surface area contributed by atoms with Crippen molar-refractivity contribution in [2.45, 2.75) is 39.0 Å². The number of hydrogen-bond acceptors (Lipinski definition) is 5. The van der Waals surface area contributed by atoms with Crippen molar-refractivity contribution >= 4 is 23.3 Å². The zero-order chi connectivity index (χ0) is 21.1. The molecule has 2 amide bonds. The summed E-state index contributed by atoms with van der Waals surface area (Å²) < 4.78 is 5.77. The zero-order valence-corrected chi connectivity index (χ0v) is 17.5. The van der Waals surface area contributed by atoms with Crippen LogP contribution in [-0.2, 0) is 20.9 Å². The minimum Gasteiger partial charge on any atom is -0.372 e. The van der Waals surface area contributed by atoms with Gasteiger partial charge < -0.3 is 19.9 Å². The third kappa shape index (κ3) is 4.62. The molecule has 2 saturated heterocycles. The van der Waals surface area contributed by atoms with E-state index in [0.29, 0.717) is 13.1 Å². The van der Waals surface area contributed by atoms with Gasteiger partial charge >= 0.3 is 0 Å². The van der Waals surface area contributed by atoms with E-state index in [1.54, 1.807) is 11.1 Å². The van der Waals surface area contributed by atoms with Crippen LogP contribution < -0.4 is 15.1 Å². The van der Waals surface area contributed by atoms with Gasteiger partial charge in [0.25, 0.3) is 0 Å². The molecule has 0 saturated carbocycles. The number of carbonyl (C=O) groups excluding carboxylic acids is 2. The third-order valence-electron chi connectivity index (χ3n) is 5.58. The first-order valence-electron chi connectivity index (χ1n) is 10.5. The molecular formula is C23H28N4O3. The standard InChI is InChI=1S/C23H28N4O3/c1-16-13-26(14-17(2)30-16)21-9-8-18(11-24-21)12-25-23(29)19-10-22(28)27(15-19)20-6-4-3-5-7-20/h3-9,11,16-17,19H,10,12-15H2,1-2H3,(H,25,29). The Balaban J connectivity index is 1.30. The molecule has 1 aromatic carbocycles. The highest BCUT2D eigenvalue weighted by Crippen LogP contribution is 2.25. The summed E-state index contributed by atoms with van der Waals surface area (Å²) in [5, 5.41) is 2.96. The number of nitrogens with zero attached hydrogens (tertiary/aromatic N) is 3. The Hall–Kier alpha value is -2.93. The number of rotatable bonds is 5. The number of morpholine rings is 1. The van der Waals surface area contributed by atoms with Crippen LogP contribution in [0.25, 0.3) is 0 Å². The number of carbonyl (C=O) groups is 2. The first kappa shape index (κ1) is 20.3. The lowest BCUT2D eigenvalue weighted by molar-refractivity contribution is -0.126. The van der Waals surface area contributed by atoms with Gasteiger partial charge in [0.15, 0.2) is 0 Å². The second-order valence-corrected chi connectivity index (χ2v) is 8.15. The molecule has 0 spiro atoms. The Kier molecular flexibility index (Phi) is 5.99. The van der Waals surface area contributed by atoms with Crippen molar-refractivity contribution < 1.29 is 14.3 Å². The van der Waals surface area contributed by atoms with Crippen LogP contribution in [0.15, 0.2) is 48.7 Å². The Bertz CT molecular complexity index is 877. The van der Waals surface area contributed by atoms with Crippen LogP contribution in [0.2, 0.25) is 0 Å². The minimum atomic E-state index is -0.332. The van der Waals surface area contributed by atoms with Crippen LogP contribution in [-0.4, -0.2) is 48.6 Å². The van der Waals surface area contributed by atoms with Crippen molar-refractivity contribution in [2.24, 2.45) is 5.92 Å². The number of amides is 2. The Labute approximate surface area is 177 Å². The van der Waals surface area contributed by atoms with E-state index in [1.807, 2.05) is 42.5 Å². The SMILES string of the molecule is CC1CN(c2ccc(CNC(=O)C3CC(=O)N(c4ccccc4)C3)cn2)CC(C)O1. The highest BCUT2D eigenvalue weighted by atomic mass is 16.5. The molecule has 30 heavy (non-hydrogen) atoms. The summed E-state index contributed by atoms with van der Waals surface area (Å²) in [5.41, 5.74) is 1.77. The lowest BCUT2D eigenvalue weighted by atomic mass is 10.1. The molecule has 0 aliphatic carbocycles. The van der Waals surface area contributed by atoms with E-state index < -0.39 is 0 Å². The lowest BCUT2D eigenvalue weighted by Crippen LogP contribution is -2.45. The molecule has 2 aliphatic heterocycles. The van der Waals surface area contributed by atoms with E-state index in [0.717, 1.165) is 30.2 Å². The smallest absolute Gasteiger partial charge is 0.227 e. The molecule has 1 N–H and O–H groups in total. The average molecular weight is 409 g/mol. The molecule has 7 heteroatoms. The number of benzene rings is 1. The second-order valence-electron chi connectivity index (χ2n) is 8.15. The molecule has 0 bridgehead atoms. The van der Waals surface area contributed by atoms with Gasteiger partial charge in [0.05, 0.1) is 18.1 Å². The maximum atomic E-state index is 12.6.